The second-order valence-electron chi connectivity index (χ2n) is 9.88. The van der Waals surface area contributed by atoms with Crippen LogP contribution in [0, 0.1) is 5.92 Å². The highest BCUT2D eigenvalue weighted by Gasteiger charge is 2.44. The van der Waals surface area contributed by atoms with Crippen molar-refractivity contribution in [2.24, 2.45) is 10.9 Å². The fourth-order valence-corrected chi connectivity index (χ4v) is 5.06. The first-order valence-electron chi connectivity index (χ1n) is 12.7. The van der Waals surface area contributed by atoms with Gasteiger partial charge in [0.05, 0.1) is 31.4 Å². The van der Waals surface area contributed by atoms with Crippen molar-refractivity contribution in [1.82, 2.24) is 14.7 Å². The van der Waals surface area contributed by atoms with Gasteiger partial charge in [0.2, 0.25) is 0 Å². The van der Waals surface area contributed by atoms with Crippen molar-refractivity contribution in [1.29, 1.82) is 0 Å². The van der Waals surface area contributed by atoms with Crippen LogP contribution in [0.3, 0.4) is 0 Å². The molecule has 194 valence electrons. The van der Waals surface area contributed by atoms with E-state index in [1.807, 2.05) is 59.2 Å². The summed E-state index contributed by atoms with van der Waals surface area (Å²) in [5.41, 5.74) is 1.82. The summed E-state index contributed by atoms with van der Waals surface area (Å²) >= 11 is 6.23. The number of likely N-dealkylation sites (N-methyl/N-ethyl adjacent to an activating group) is 1. The third kappa shape index (κ3) is 5.62. The molecule has 0 spiro atoms. The highest BCUT2D eigenvalue weighted by Crippen LogP contribution is 2.40. The zero-order valence-electron chi connectivity index (χ0n) is 21.9. The first-order chi connectivity index (χ1) is 17.3. The van der Waals surface area contributed by atoms with Gasteiger partial charge >= 0.3 is 6.03 Å². The third-order valence-corrected chi connectivity index (χ3v) is 7.04. The summed E-state index contributed by atoms with van der Waals surface area (Å²) in [6, 6.07) is 13.2. The van der Waals surface area contributed by atoms with Gasteiger partial charge in [-0.25, -0.2) is 4.79 Å². The number of hydrogen-bond donors (Lipinski definition) is 0. The molecule has 2 aromatic carbocycles. The van der Waals surface area contributed by atoms with Gasteiger partial charge in [0.25, 0.3) is 0 Å². The molecule has 4 rings (SSSR count). The SMILES string of the molecule is CCOc1cc(OC)ccc1C1=N[C@H](CC(C)C)[C@H](c2ccc(Cl)cc2)N1C(=O)N1CCN(C)CC1. The molecule has 0 bridgehead atoms. The fourth-order valence-electron chi connectivity index (χ4n) is 4.94. The molecule has 2 aliphatic rings. The Morgan fingerprint density at radius 1 is 1.11 bits per heavy atom. The van der Waals surface area contributed by atoms with E-state index in [9.17, 15) is 4.79 Å². The van der Waals surface area contributed by atoms with Crippen LogP contribution >= 0.6 is 11.6 Å². The normalized spacial score (nSPS) is 20.6. The Morgan fingerprint density at radius 2 is 1.81 bits per heavy atom. The lowest BCUT2D eigenvalue weighted by Crippen LogP contribution is -2.53. The summed E-state index contributed by atoms with van der Waals surface area (Å²) in [5, 5.41) is 0.670. The Labute approximate surface area is 219 Å². The molecular weight excluding hydrogens is 476 g/mol. The number of rotatable bonds is 7. The van der Waals surface area contributed by atoms with Gasteiger partial charge in [-0.3, -0.25) is 9.89 Å². The zero-order valence-corrected chi connectivity index (χ0v) is 22.7. The van der Waals surface area contributed by atoms with Crippen molar-refractivity contribution in [3.8, 4) is 11.5 Å². The van der Waals surface area contributed by atoms with Crippen LogP contribution in [-0.2, 0) is 0 Å². The first-order valence-corrected chi connectivity index (χ1v) is 13.1. The lowest BCUT2D eigenvalue weighted by atomic mass is 9.93. The molecule has 2 amide bonds. The summed E-state index contributed by atoms with van der Waals surface area (Å²) in [4.78, 5) is 25.5. The van der Waals surface area contributed by atoms with Crippen molar-refractivity contribution >= 4 is 23.5 Å². The van der Waals surface area contributed by atoms with Gasteiger partial charge in [-0.15, -0.1) is 0 Å². The smallest absolute Gasteiger partial charge is 0.326 e. The van der Waals surface area contributed by atoms with E-state index in [1.54, 1.807) is 7.11 Å². The molecule has 0 radical (unpaired) electrons. The summed E-state index contributed by atoms with van der Waals surface area (Å²) in [6.45, 7) is 9.89. The fraction of sp³-hybridized carbons (Fsp3) is 0.500. The third-order valence-electron chi connectivity index (χ3n) is 6.79. The molecule has 0 saturated carbocycles. The number of urea groups is 1. The minimum Gasteiger partial charge on any atom is -0.497 e. The number of benzene rings is 2. The number of carbonyl (C=O) groups excluding carboxylic acids is 1. The van der Waals surface area contributed by atoms with E-state index in [0.29, 0.717) is 48.0 Å². The molecule has 36 heavy (non-hydrogen) atoms. The first kappa shape index (κ1) is 26.3. The van der Waals surface area contributed by atoms with Gasteiger partial charge in [0, 0.05) is 37.3 Å². The maximum absolute atomic E-state index is 14.2. The monoisotopic (exact) mass is 512 g/mol. The van der Waals surface area contributed by atoms with E-state index in [-0.39, 0.29) is 18.1 Å². The van der Waals surface area contributed by atoms with Crippen LogP contribution in [0.4, 0.5) is 4.79 Å². The summed E-state index contributed by atoms with van der Waals surface area (Å²) in [6.07, 6.45) is 0.851. The predicted octanol–water partition coefficient (Wildman–Crippen LogP) is 5.33. The van der Waals surface area contributed by atoms with Crippen molar-refractivity contribution in [3.05, 3.63) is 58.6 Å². The van der Waals surface area contributed by atoms with Gasteiger partial charge in [0.1, 0.15) is 17.3 Å². The molecule has 0 unspecified atom stereocenters. The molecule has 1 fully saturated rings. The van der Waals surface area contributed by atoms with E-state index in [1.165, 1.54) is 0 Å². The predicted molar refractivity (Wildman–Crippen MR) is 144 cm³/mol. The number of halogens is 1. The van der Waals surface area contributed by atoms with E-state index < -0.39 is 0 Å². The van der Waals surface area contributed by atoms with Crippen LogP contribution in [0.2, 0.25) is 5.02 Å². The Kier molecular flexibility index (Phi) is 8.42. The molecule has 2 aromatic rings. The molecule has 0 N–H and O–H groups in total. The van der Waals surface area contributed by atoms with Crippen molar-refractivity contribution < 1.29 is 14.3 Å². The molecule has 2 atom stereocenters. The number of aliphatic imine (C=N–C) groups is 1. The minimum atomic E-state index is -0.233. The van der Waals surface area contributed by atoms with E-state index in [4.69, 9.17) is 26.1 Å². The van der Waals surface area contributed by atoms with Crippen LogP contribution in [-0.4, -0.2) is 79.6 Å². The second kappa shape index (κ2) is 11.5. The van der Waals surface area contributed by atoms with Crippen molar-refractivity contribution in [2.75, 3.05) is 46.9 Å². The molecule has 7 nitrogen and oxygen atoms in total. The Balaban J connectivity index is 1.83. The number of ether oxygens (including phenoxy) is 2. The van der Waals surface area contributed by atoms with E-state index in [0.717, 1.165) is 30.6 Å². The number of nitrogens with zero attached hydrogens (tertiary/aromatic N) is 4. The van der Waals surface area contributed by atoms with Crippen molar-refractivity contribution in [3.63, 3.8) is 0 Å². The quantitative estimate of drug-likeness (QED) is 0.503. The van der Waals surface area contributed by atoms with Crippen LogP contribution in [0.5, 0.6) is 11.5 Å². The molecule has 8 heteroatoms. The van der Waals surface area contributed by atoms with Crippen LogP contribution < -0.4 is 9.47 Å². The summed E-state index contributed by atoms with van der Waals surface area (Å²) in [7, 11) is 3.72. The van der Waals surface area contributed by atoms with Gasteiger partial charge in [-0.1, -0.05) is 37.6 Å². The maximum Gasteiger partial charge on any atom is 0.326 e. The number of carbonyl (C=O) groups is 1. The van der Waals surface area contributed by atoms with Gasteiger partial charge in [-0.2, -0.15) is 0 Å². The highest BCUT2D eigenvalue weighted by molar-refractivity contribution is 6.30. The minimum absolute atomic E-state index is 0.0219. The Morgan fingerprint density at radius 3 is 2.42 bits per heavy atom. The average Bonchev–Trinajstić information content (AvgIpc) is 3.22. The molecular formula is C28H37ClN4O3. The topological polar surface area (TPSA) is 57.6 Å². The van der Waals surface area contributed by atoms with Crippen LogP contribution in [0.25, 0.3) is 0 Å². The number of amidine groups is 1. The number of amides is 2. The highest BCUT2D eigenvalue weighted by atomic mass is 35.5. The van der Waals surface area contributed by atoms with Crippen LogP contribution in [0.15, 0.2) is 47.5 Å². The molecule has 2 heterocycles. The van der Waals surface area contributed by atoms with Gasteiger partial charge < -0.3 is 19.3 Å². The number of methoxy groups -OCH3 is 1. The second-order valence-corrected chi connectivity index (χ2v) is 10.3. The van der Waals surface area contributed by atoms with Gasteiger partial charge in [-0.05, 0) is 56.1 Å². The lowest BCUT2D eigenvalue weighted by Gasteiger charge is -2.38. The van der Waals surface area contributed by atoms with E-state index in [2.05, 4.69) is 25.8 Å². The Hall–Kier alpha value is -2.77. The van der Waals surface area contributed by atoms with Gasteiger partial charge in [0.15, 0.2) is 0 Å². The molecule has 2 aliphatic heterocycles. The largest absolute Gasteiger partial charge is 0.497 e. The standard InChI is InChI=1S/C28H37ClN4O3/c1-6-36-25-18-22(35-5)11-12-23(25)27-30-24(17-19(2)3)26(20-7-9-21(29)10-8-20)33(27)28(34)32-15-13-31(4)14-16-32/h7-12,18-19,24,26H,6,13-17H2,1-5H3/t24-,26+/m1/s1. The number of hydrogen-bond acceptors (Lipinski definition) is 5. The molecule has 1 saturated heterocycles. The van der Waals surface area contributed by atoms with Crippen LogP contribution in [0.1, 0.15) is 44.4 Å². The maximum atomic E-state index is 14.2. The molecule has 0 aliphatic carbocycles. The van der Waals surface area contributed by atoms with Crippen molar-refractivity contribution in [2.45, 2.75) is 39.3 Å². The number of piperazine rings is 1. The average molecular weight is 513 g/mol. The molecule has 0 aromatic heterocycles. The van der Waals surface area contributed by atoms with E-state index >= 15 is 0 Å². The zero-order chi connectivity index (χ0) is 25.8. The lowest BCUT2D eigenvalue weighted by molar-refractivity contribution is 0.129. The summed E-state index contributed by atoms with van der Waals surface area (Å²) < 4.78 is 11.5. The summed E-state index contributed by atoms with van der Waals surface area (Å²) in [5.74, 6) is 2.42. The Bertz CT molecular complexity index is 1080.